The Hall–Kier alpha value is -2.24. The number of hydrogen-bond donors (Lipinski definition) is 0. The highest BCUT2D eigenvalue weighted by atomic mass is 19.3. The first-order chi connectivity index (χ1) is 15.4. The Labute approximate surface area is 198 Å². The number of allylic oxidation sites excluding steroid dienone is 3. The number of carbonyl (C=O) groups is 1. The normalized spacial score (nSPS) is 18.1. The van der Waals surface area contributed by atoms with E-state index in [0.717, 1.165) is 24.1 Å². The summed E-state index contributed by atoms with van der Waals surface area (Å²) in [5.41, 5.74) is 3.91. The standard InChI is InChI=1S/C27H40F2N2O2/c1-7-20(2)22(13-14-23-12-10-17-30-21(23)3)11-8-9-16-27(28,29)24-15-18-31(19-24)25(32)33-26(4,5)6/h10,12-14,17,24H,7-9,11,15-16,18-19H2,1-6H3/b14-13-,22-20+. The van der Waals surface area contributed by atoms with Gasteiger partial charge in [-0.2, -0.15) is 0 Å². The van der Waals surface area contributed by atoms with Crippen molar-refractivity contribution in [1.82, 2.24) is 9.88 Å². The summed E-state index contributed by atoms with van der Waals surface area (Å²) in [5.74, 6) is -3.57. The molecule has 1 aliphatic rings. The summed E-state index contributed by atoms with van der Waals surface area (Å²) in [7, 11) is 0. The van der Waals surface area contributed by atoms with Crippen molar-refractivity contribution in [2.75, 3.05) is 13.1 Å². The molecule has 1 aliphatic heterocycles. The number of halogens is 2. The molecular weight excluding hydrogens is 422 g/mol. The van der Waals surface area contributed by atoms with E-state index >= 15 is 0 Å². The van der Waals surface area contributed by atoms with Crippen molar-refractivity contribution in [1.29, 1.82) is 0 Å². The second kappa shape index (κ2) is 11.8. The van der Waals surface area contributed by atoms with Gasteiger partial charge >= 0.3 is 6.09 Å². The number of aryl methyl sites for hydroxylation is 1. The van der Waals surface area contributed by atoms with E-state index in [-0.39, 0.29) is 13.0 Å². The molecule has 0 saturated carbocycles. The number of ether oxygens (including phenoxy) is 1. The van der Waals surface area contributed by atoms with E-state index in [1.165, 1.54) is 16.0 Å². The van der Waals surface area contributed by atoms with Gasteiger partial charge in [0.1, 0.15) is 5.60 Å². The van der Waals surface area contributed by atoms with Crippen LogP contribution in [0.15, 0.2) is 35.6 Å². The fraction of sp³-hybridized carbons (Fsp3) is 0.630. The van der Waals surface area contributed by atoms with Crippen LogP contribution >= 0.6 is 0 Å². The average molecular weight is 463 g/mol. The summed E-state index contributed by atoms with van der Waals surface area (Å²) < 4.78 is 35.0. The maximum atomic E-state index is 14.9. The fourth-order valence-electron chi connectivity index (χ4n) is 4.01. The summed E-state index contributed by atoms with van der Waals surface area (Å²) in [6.07, 6.45) is 8.50. The number of aromatic nitrogens is 1. The molecule has 0 radical (unpaired) electrons. The predicted molar refractivity (Wildman–Crippen MR) is 130 cm³/mol. The number of rotatable bonds is 9. The largest absolute Gasteiger partial charge is 0.444 e. The molecule has 6 heteroatoms. The van der Waals surface area contributed by atoms with Gasteiger partial charge in [0, 0.05) is 37.3 Å². The smallest absolute Gasteiger partial charge is 0.410 e. The molecule has 1 unspecified atom stereocenters. The molecule has 0 bridgehead atoms. The Morgan fingerprint density at radius 2 is 2.03 bits per heavy atom. The fourth-order valence-corrected chi connectivity index (χ4v) is 4.01. The summed E-state index contributed by atoms with van der Waals surface area (Å²) in [5, 5.41) is 0. The lowest BCUT2D eigenvalue weighted by molar-refractivity contribution is -0.0631. The lowest BCUT2D eigenvalue weighted by atomic mass is 9.93. The second-order valence-corrected chi connectivity index (χ2v) is 10.1. The van der Waals surface area contributed by atoms with Crippen molar-refractivity contribution in [3.63, 3.8) is 0 Å². The first-order valence-corrected chi connectivity index (χ1v) is 12.1. The lowest BCUT2D eigenvalue weighted by Crippen LogP contribution is -2.37. The van der Waals surface area contributed by atoms with Gasteiger partial charge in [-0.25, -0.2) is 13.6 Å². The third-order valence-electron chi connectivity index (χ3n) is 6.23. The minimum Gasteiger partial charge on any atom is -0.444 e. The number of carbonyl (C=O) groups excluding carboxylic acids is 1. The molecule has 0 N–H and O–H groups in total. The molecule has 1 amide bonds. The molecule has 1 aromatic rings. The van der Waals surface area contributed by atoms with Crippen LogP contribution in [-0.2, 0) is 4.74 Å². The van der Waals surface area contributed by atoms with Crippen LogP contribution in [0.2, 0.25) is 0 Å². The Bertz CT molecular complexity index is 856. The molecule has 1 fully saturated rings. The van der Waals surface area contributed by atoms with Crippen molar-refractivity contribution in [2.45, 2.75) is 91.6 Å². The van der Waals surface area contributed by atoms with Crippen molar-refractivity contribution >= 4 is 12.2 Å². The molecule has 1 aromatic heterocycles. The van der Waals surface area contributed by atoms with Gasteiger partial charge in [-0.3, -0.25) is 4.98 Å². The Morgan fingerprint density at radius 1 is 1.30 bits per heavy atom. The second-order valence-electron chi connectivity index (χ2n) is 10.1. The maximum Gasteiger partial charge on any atom is 0.410 e. The van der Waals surface area contributed by atoms with Crippen molar-refractivity contribution in [3.8, 4) is 0 Å². The molecular formula is C27H40F2N2O2. The predicted octanol–water partition coefficient (Wildman–Crippen LogP) is 7.58. The van der Waals surface area contributed by atoms with E-state index in [1.54, 1.807) is 27.0 Å². The van der Waals surface area contributed by atoms with Gasteiger partial charge in [-0.15, -0.1) is 0 Å². The maximum absolute atomic E-state index is 14.9. The number of alkyl halides is 2. The molecule has 4 nitrogen and oxygen atoms in total. The molecule has 2 heterocycles. The Balaban J connectivity index is 1.87. The minimum atomic E-state index is -2.77. The van der Waals surface area contributed by atoms with Gasteiger partial charge in [-0.05, 0) is 83.9 Å². The Kier molecular flexibility index (Phi) is 9.62. The molecule has 0 spiro atoms. The summed E-state index contributed by atoms with van der Waals surface area (Å²) >= 11 is 0. The van der Waals surface area contributed by atoms with Crippen LogP contribution in [0.3, 0.4) is 0 Å². The van der Waals surface area contributed by atoms with Crippen molar-refractivity contribution < 1.29 is 18.3 Å². The number of unbranched alkanes of at least 4 members (excludes halogenated alkanes) is 1. The topological polar surface area (TPSA) is 42.4 Å². The number of pyridine rings is 1. The quantitative estimate of drug-likeness (QED) is 0.280. The van der Waals surface area contributed by atoms with Crippen molar-refractivity contribution in [3.05, 3.63) is 46.8 Å². The third-order valence-corrected chi connectivity index (χ3v) is 6.23. The zero-order chi connectivity index (χ0) is 24.6. The average Bonchev–Trinajstić information content (AvgIpc) is 3.24. The number of hydrogen-bond acceptors (Lipinski definition) is 3. The molecule has 184 valence electrons. The van der Waals surface area contributed by atoms with Gasteiger partial charge in [0.2, 0.25) is 0 Å². The molecule has 0 aromatic carbocycles. The van der Waals surface area contributed by atoms with Gasteiger partial charge in [0.25, 0.3) is 5.92 Å². The molecule has 2 rings (SSSR count). The van der Waals surface area contributed by atoms with Crippen LogP contribution in [-0.4, -0.2) is 40.6 Å². The number of amides is 1. The molecule has 1 saturated heterocycles. The number of nitrogens with zero attached hydrogens (tertiary/aromatic N) is 2. The van der Waals surface area contributed by atoms with E-state index in [4.69, 9.17) is 4.74 Å². The van der Waals surface area contributed by atoms with E-state index in [9.17, 15) is 13.6 Å². The van der Waals surface area contributed by atoms with Gasteiger partial charge < -0.3 is 9.64 Å². The van der Waals surface area contributed by atoms with E-state index in [0.29, 0.717) is 25.8 Å². The van der Waals surface area contributed by atoms with E-state index in [2.05, 4.69) is 31.0 Å². The first-order valence-electron chi connectivity index (χ1n) is 12.1. The van der Waals surface area contributed by atoms with Crippen LogP contribution in [0.25, 0.3) is 6.08 Å². The zero-order valence-electron chi connectivity index (χ0n) is 21.1. The SMILES string of the molecule is CC/C(C)=C(/C=C\c1cccnc1C)CCCCC(F)(F)C1CCN(C(=O)OC(C)(C)C)C1. The monoisotopic (exact) mass is 462 g/mol. The van der Waals surface area contributed by atoms with Gasteiger partial charge in [0.05, 0.1) is 0 Å². The van der Waals surface area contributed by atoms with Crippen LogP contribution in [0.4, 0.5) is 13.6 Å². The van der Waals surface area contributed by atoms with E-state index in [1.807, 2.05) is 19.1 Å². The van der Waals surface area contributed by atoms with Crippen molar-refractivity contribution in [2.24, 2.45) is 5.92 Å². The molecule has 1 atom stereocenters. The van der Waals surface area contributed by atoms with Crippen LogP contribution < -0.4 is 0 Å². The molecule has 33 heavy (non-hydrogen) atoms. The highest BCUT2D eigenvalue weighted by Gasteiger charge is 2.44. The first kappa shape index (κ1) is 27.0. The van der Waals surface area contributed by atoms with Crippen LogP contribution in [0, 0.1) is 12.8 Å². The summed E-state index contributed by atoms with van der Waals surface area (Å²) in [4.78, 5) is 17.9. The molecule has 0 aliphatic carbocycles. The van der Waals surface area contributed by atoms with Crippen LogP contribution in [0.1, 0.15) is 84.4 Å². The zero-order valence-corrected chi connectivity index (χ0v) is 21.1. The van der Waals surface area contributed by atoms with Gasteiger partial charge in [-0.1, -0.05) is 30.7 Å². The lowest BCUT2D eigenvalue weighted by Gasteiger charge is -2.26. The summed E-state index contributed by atoms with van der Waals surface area (Å²) in [6, 6.07) is 3.94. The highest BCUT2D eigenvalue weighted by Crippen LogP contribution is 2.37. The minimum absolute atomic E-state index is 0.0647. The number of likely N-dealkylation sites (tertiary alicyclic amines) is 1. The third kappa shape index (κ3) is 8.56. The highest BCUT2D eigenvalue weighted by molar-refractivity contribution is 5.68. The van der Waals surface area contributed by atoms with Gasteiger partial charge in [0.15, 0.2) is 0 Å². The van der Waals surface area contributed by atoms with E-state index < -0.39 is 23.5 Å². The Morgan fingerprint density at radius 3 is 2.67 bits per heavy atom. The summed E-state index contributed by atoms with van der Waals surface area (Å²) in [6.45, 7) is 11.9. The van der Waals surface area contributed by atoms with Crippen LogP contribution in [0.5, 0.6) is 0 Å².